The highest BCUT2D eigenvalue weighted by Gasteiger charge is 2.13. The number of methoxy groups -OCH3 is 2. The molecule has 2 N–H and O–H groups in total. The summed E-state index contributed by atoms with van der Waals surface area (Å²) in [7, 11) is 3.06. The van der Waals surface area contributed by atoms with Gasteiger partial charge in [0.1, 0.15) is 17.2 Å². The Bertz CT molecular complexity index is 572. The molecule has 0 aliphatic heterocycles. The summed E-state index contributed by atoms with van der Waals surface area (Å²) in [5, 5.41) is 0. The fraction of sp³-hybridized carbons (Fsp3) is 0.143. The van der Waals surface area contributed by atoms with Crippen LogP contribution < -0.4 is 15.2 Å². The smallest absolute Gasteiger partial charge is 0.211 e. The summed E-state index contributed by atoms with van der Waals surface area (Å²) in [5.41, 5.74) is 6.83. The first-order chi connectivity index (χ1) is 9.13. The summed E-state index contributed by atoms with van der Waals surface area (Å²) in [5.74, 6) is 0.897. The van der Waals surface area contributed by atoms with Crippen LogP contribution in [0.1, 0.15) is 16.1 Å². The number of carbonyl (C=O) groups excluding carboxylic acids is 1. The van der Waals surface area contributed by atoms with E-state index in [9.17, 15) is 4.79 Å². The molecule has 0 amide bonds. The molecule has 1 heterocycles. The summed E-state index contributed by atoms with van der Waals surface area (Å²) in [4.78, 5) is 16.3. The van der Waals surface area contributed by atoms with Gasteiger partial charge in [-0.1, -0.05) is 0 Å². The van der Waals surface area contributed by atoms with Gasteiger partial charge < -0.3 is 15.2 Å². The number of hydrogen-bond acceptors (Lipinski definition) is 5. The molecule has 0 bridgehead atoms. The second-order valence-corrected chi connectivity index (χ2v) is 3.91. The third-order valence-electron chi connectivity index (χ3n) is 2.63. The lowest BCUT2D eigenvalue weighted by atomic mass is 10.1. The maximum absolute atomic E-state index is 12.3. The van der Waals surface area contributed by atoms with Gasteiger partial charge in [-0.15, -0.1) is 0 Å². The third kappa shape index (κ3) is 2.82. The van der Waals surface area contributed by atoms with Crippen LogP contribution in [0.2, 0.25) is 0 Å². The van der Waals surface area contributed by atoms with Crippen molar-refractivity contribution in [2.75, 3.05) is 20.0 Å². The average Bonchev–Trinajstić information content (AvgIpc) is 2.46. The molecule has 0 aliphatic rings. The molecule has 5 nitrogen and oxygen atoms in total. The Morgan fingerprint density at radius 3 is 2.21 bits per heavy atom. The number of rotatable bonds is 4. The molecule has 19 heavy (non-hydrogen) atoms. The molecule has 0 saturated carbocycles. The molecule has 2 rings (SSSR count). The Kier molecular flexibility index (Phi) is 3.66. The lowest BCUT2D eigenvalue weighted by Crippen LogP contribution is -2.05. The minimum atomic E-state index is -0.211. The lowest BCUT2D eigenvalue weighted by molar-refractivity contribution is 0.103. The summed E-state index contributed by atoms with van der Waals surface area (Å²) >= 11 is 0. The van der Waals surface area contributed by atoms with E-state index in [2.05, 4.69) is 4.98 Å². The van der Waals surface area contributed by atoms with Crippen molar-refractivity contribution in [3.05, 3.63) is 47.8 Å². The van der Waals surface area contributed by atoms with Crippen molar-refractivity contribution in [1.29, 1.82) is 0 Å². The quantitative estimate of drug-likeness (QED) is 0.848. The standard InChI is InChI=1S/C14H14N2O3/c1-18-11-5-9(6-12(7-11)19-2)14(17)13-4-3-10(15)8-16-13/h3-8H,15H2,1-2H3. The van der Waals surface area contributed by atoms with Gasteiger partial charge in [-0.2, -0.15) is 0 Å². The Morgan fingerprint density at radius 1 is 1.11 bits per heavy atom. The normalized spacial score (nSPS) is 10.0. The molecule has 0 saturated heterocycles. The third-order valence-corrected chi connectivity index (χ3v) is 2.63. The van der Waals surface area contributed by atoms with Crippen LogP contribution in [-0.4, -0.2) is 25.0 Å². The zero-order chi connectivity index (χ0) is 13.8. The number of nitrogens with zero attached hydrogens (tertiary/aromatic N) is 1. The second kappa shape index (κ2) is 5.39. The monoisotopic (exact) mass is 258 g/mol. The van der Waals surface area contributed by atoms with Crippen LogP contribution in [0.25, 0.3) is 0 Å². The molecule has 0 spiro atoms. The van der Waals surface area contributed by atoms with Gasteiger partial charge in [-0.05, 0) is 24.3 Å². The van der Waals surface area contributed by atoms with Crippen LogP contribution in [0.15, 0.2) is 36.5 Å². The molecule has 0 radical (unpaired) electrons. The number of benzene rings is 1. The predicted octanol–water partition coefficient (Wildman–Crippen LogP) is 1.91. The first kappa shape index (κ1) is 12.9. The van der Waals surface area contributed by atoms with Crippen molar-refractivity contribution in [1.82, 2.24) is 4.98 Å². The second-order valence-electron chi connectivity index (χ2n) is 3.91. The fourth-order valence-corrected chi connectivity index (χ4v) is 1.63. The minimum Gasteiger partial charge on any atom is -0.497 e. The molecule has 0 unspecified atom stereocenters. The maximum atomic E-state index is 12.3. The Morgan fingerprint density at radius 2 is 1.74 bits per heavy atom. The maximum Gasteiger partial charge on any atom is 0.211 e. The highest BCUT2D eigenvalue weighted by Crippen LogP contribution is 2.24. The van der Waals surface area contributed by atoms with Gasteiger partial charge in [0.25, 0.3) is 0 Å². The molecular formula is C14H14N2O3. The average molecular weight is 258 g/mol. The molecular weight excluding hydrogens is 244 g/mol. The van der Waals surface area contributed by atoms with E-state index in [1.165, 1.54) is 20.4 Å². The number of ketones is 1. The number of nitrogen functional groups attached to an aromatic ring is 1. The largest absolute Gasteiger partial charge is 0.497 e. The van der Waals surface area contributed by atoms with Crippen molar-refractivity contribution in [3.8, 4) is 11.5 Å². The summed E-state index contributed by atoms with van der Waals surface area (Å²) in [6, 6.07) is 8.21. The topological polar surface area (TPSA) is 74.4 Å². The Labute approximate surface area is 111 Å². The highest BCUT2D eigenvalue weighted by molar-refractivity contribution is 6.08. The SMILES string of the molecule is COc1cc(OC)cc(C(=O)c2ccc(N)cn2)c1. The van der Waals surface area contributed by atoms with Crippen molar-refractivity contribution in [2.24, 2.45) is 0 Å². The van der Waals surface area contributed by atoms with Gasteiger partial charge in [0.2, 0.25) is 5.78 Å². The van der Waals surface area contributed by atoms with Crippen molar-refractivity contribution < 1.29 is 14.3 Å². The number of ether oxygens (including phenoxy) is 2. The van der Waals surface area contributed by atoms with Crippen molar-refractivity contribution in [3.63, 3.8) is 0 Å². The predicted molar refractivity (Wildman–Crippen MR) is 71.6 cm³/mol. The summed E-state index contributed by atoms with van der Waals surface area (Å²) in [6.45, 7) is 0. The Hall–Kier alpha value is -2.56. The van der Waals surface area contributed by atoms with E-state index in [0.29, 0.717) is 28.4 Å². The number of pyridine rings is 1. The number of nitrogens with two attached hydrogens (primary N) is 1. The Balaban J connectivity index is 2.40. The van der Waals surface area contributed by atoms with Gasteiger partial charge in [0.05, 0.1) is 26.1 Å². The van der Waals surface area contributed by atoms with Gasteiger partial charge in [0, 0.05) is 11.6 Å². The molecule has 0 fully saturated rings. The van der Waals surface area contributed by atoms with E-state index in [1.807, 2.05) is 0 Å². The van der Waals surface area contributed by atoms with Gasteiger partial charge >= 0.3 is 0 Å². The van der Waals surface area contributed by atoms with Crippen LogP contribution in [0.4, 0.5) is 5.69 Å². The molecule has 1 aromatic carbocycles. The molecule has 5 heteroatoms. The van der Waals surface area contributed by atoms with Gasteiger partial charge in [0.15, 0.2) is 0 Å². The van der Waals surface area contributed by atoms with E-state index in [1.54, 1.807) is 30.3 Å². The van der Waals surface area contributed by atoms with Crippen LogP contribution >= 0.6 is 0 Å². The number of anilines is 1. The zero-order valence-electron chi connectivity index (χ0n) is 10.7. The summed E-state index contributed by atoms with van der Waals surface area (Å²) in [6.07, 6.45) is 1.45. The van der Waals surface area contributed by atoms with Crippen LogP contribution in [0, 0.1) is 0 Å². The van der Waals surface area contributed by atoms with Crippen LogP contribution in [0.5, 0.6) is 11.5 Å². The highest BCUT2D eigenvalue weighted by atomic mass is 16.5. The lowest BCUT2D eigenvalue weighted by Gasteiger charge is -2.07. The van der Waals surface area contributed by atoms with E-state index in [-0.39, 0.29) is 5.78 Å². The zero-order valence-corrected chi connectivity index (χ0v) is 10.7. The summed E-state index contributed by atoms with van der Waals surface area (Å²) < 4.78 is 10.3. The molecule has 0 aliphatic carbocycles. The van der Waals surface area contributed by atoms with E-state index < -0.39 is 0 Å². The van der Waals surface area contributed by atoms with Crippen molar-refractivity contribution >= 4 is 11.5 Å². The van der Waals surface area contributed by atoms with Gasteiger partial charge in [-0.3, -0.25) is 9.78 Å². The fourth-order valence-electron chi connectivity index (χ4n) is 1.63. The minimum absolute atomic E-state index is 0.211. The number of carbonyl (C=O) groups is 1. The molecule has 98 valence electrons. The number of hydrogen-bond donors (Lipinski definition) is 1. The van der Waals surface area contributed by atoms with Crippen molar-refractivity contribution in [2.45, 2.75) is 0 Å². The molecule has 1 aromatic heterocycles. The van der Waals surface area contributed by atoms with Gasteiger partial charge in [-0.25, -0.2) is 0 Å². The number of aromatic nitrogens is 1. The first-order valence-electron chi connectivity index (χ1n) is 5.63. The molecule has 0 atom stereocenters. The van der Waals surface area contributed by atoms with E-state index in [0.717, 1.165) is 0 Å². The van der Waals surface area contributed by atoms with Crippen LogP contribution in [0.3, 0.4) is 0 Å². The van der Waals surface area contributed by atoms with E-state index in [4.69, 9.17) is 15.2 Å². The first-order valence-corrected chi connectivity index (χ1v) is 5.63. The van der Waals surface area contributed by atoms with Crippen LogP contribution in [-0.2, 0) is 0 Å². The molecule has 2 aromatic rings. The van der Waals surface area contributed by atoms with E-state index >= 15 is 0 Å².